The first-order valence-corrected chi connectivity index (χ1v) is 15.7. The van der Waals surface area contributed by atoms with Crippen LogP contribution < -0.4 is 9.64 Å². The third-order valence-electron chi connectivity index (χ3n) is 10.0. The molecule has 4 aliphatic rings. The van der Waals surface area contributed by atoms with E-state index in [1.54, 1.807) is 18.2 Å². The number of anilines is 1. The Bertz CT molecular complexity index is 2000. The number of aromatic hydroxyl groups is 1. The molecule has 0 aromatic heterocycles. The predicted octanol–water partition coefficient (Wildman–Crippen LogP) is 5.86. The van der Waals surface area contributed by atoms with Gasteiger partial charge >= 0.3 is 0 Å². The molecule has 8 nitrogen and oxygen atoms in total. The maximum atomic E-state index is 15.2. The molecule has 2 aliphatic heterocycles. The van der Waals surface area contributed by atoms with E-state index in [2.05, 4.69) is 0 Å². The maximum Gasteiger partial charge on any atom is 0.258 e. The molecule has 6 atom stereocenters. The van der Waals surface area contributed by atoms with Crippen LogP contribution in [0.1, 0.15) is 29.9 Å². The molecule has 1 saturated carbocycles. The molecule has 0 spiro atoms. The Morgan fingerprint density at radius 2 is 1.49 bits per heavy atom. The fourth-order valence-electron chi connectivity index (χ4n) is 7.67. The highest BCUT2D eigenvalue weighted by Gasteiger charge is 2.77. The van der Waals surface area contributed by atoms with Crippen molar-refractivity contribution < 1.29 is 51.0 Å². The first-order chi connectivity index (χ1) is 23.1. The smallest absolute Gasteiger partial charge is 0.258 e. The number of likely N-dealkylation sites (tertiary alicyclic amines) is 1. The SMILES string of the molecule is CN1C(=O)C2CC=C3C(CC4(Cl)C(=O)N(c5c(F)c(F)c(F)c(F)c5F)C(=O)C4(Cl)C3c3ccc(OCc4ccccc4)cc3O)C2C1=O. The molecule has 3 fully saturated rings. The van der Waals surface area contributed by atoms with Crippen molar-refractivity contribution >= 4 is 52.5 Å². The lowest BCUT2D eigenvalue weighted by molar-refractivity contribution is -0.138. The Morgan fingerprint density at radius 3 is 2.12 bits per heavy atom. The summed E-state index contributed by atoms with van der Waals surface area (Å²) in [4.78, 5) is 50.1. The molecule has 2 aliphatic carbocycles. The number of nitrogens with zero attached hydrogens (tertiary/aromatic N) is 2. The molecular formula is C34H23Cl2F5N2O6. The number of hydrogen-bond acceptors (Lipinski definition) is 6. The van der Waals surface area contributed by atoms with Crippen molar-refractivity contribution in [2.24, 2.45) is 17.8 Å². The minimum absolute atomic E-state index is 0.00725. The monoisotopic (exact) mass is 720 g/mol. The van der Waals surface area contributed by atoms with Crippen LogP contribution in [0.4, 0.5) is 27.6 Å². The largest absolute Gasteiger partial charge is 0.508 e. The maximum absolute atomic E-state index is 15.2. The fourth-order valence-corrected chi connectivity index (χ4v) is 8.59. The molecule has 6 unspecified atom stereocenters. The van der Waals surface area contributed by atoms with Crippen LogP contribution in [-0.4, -0.2) is 50.4 Å². The van der Waals surface area contributed by atoms with Crippen molar-refractivity contribution in [3.05, 3.63) is 100 Å². The van der Waals surface area contributed by atoms with Crippen molar-refractivity contribution in [3.8, 4) is 11.5 Å². The van der Waals surface area contributed by atoms with Gasteiger partial charge in [-0.25, -0.2) is 26.9 Å². The minimum Gasteiger partial charge on any atom is -0.508 e. The zero-order valence-electron chi connectivity index (χ0n) is 25.2. The second-order valence-electron chi connectivity index (χ2n) is 12.4. The summed E-state index contributed by atoms with van der Waals surface area (Å²) >= 11 is 14.1. The molecule has 3 aromatic carbocycles. The number of hydrogen-bond donors (Lipinski definition) is 1. The number of amides is 4. The number of phenols is 1. The Balaban J connectivity index is 1.40. The molecule has 0 bridgehead atoms. The van der Waals surface area contributed by atoms with Crippen molar-refractivity contribution in [2.45, 2.75) is 35.1 Å². The highest BCUT2D eigenvalue weighted by Crippen LogP contribution is 2.66. The molecule has 254 valence electrons. The van der Waals surface area contributed by atoms with Crippen LogP contribution in [0.15, 0.2) is 60.2 Å². The molecule has 15 heteroatoms. The van der Waals surface area contributed by atoms with Crippen LogP contribution in [0.3, 0.4) is 0 Å². The normalized spacial score (nSPS) is 29.2. The van der Waals surface area contributed by atoms with Gasteiger partial charge in [-0.3, -0.25) is 24.1 Å². The van der Waals surface area contributed by atoms with E-state index in [4.69, 9.17) is 27.9 Å². The molecular weight excluding hydrogens is 698 g/mol. The fraction of sp³-hybridized carbons (Fsp3) is 0.294. The Labute approximate surface area is 284 Å². The summed E-state index contributed by atoms with van der Waals surface area (Å²) in [6.07, 6.45) is 0.899. The third kappa shape index (κ3) is 4.40. The first-order valence-electron chi connectivity index (χ1n) is 14.9. The average Bonchev–Trinajstić information content (AvgIpc) is 3.40. The number of ether oxygens (including phenoxy) is 1. The standard InChI is InChI=1S/C34H23Cl2F5N2O6/c1-42-29(45)18-10-9-16-19(21(18)30(42)46)12-33(35)31(47)43(28-26(40)24(38)23(37)25(39)27(28)41)32(48)34(33,36)22(16)17-8-7-15(11-20(17)44)49-13-14-5-3-2-4-6-14/h2-9,11,18-19,21-22,44H,10,12-13H2,1H3. The minimum atomic E-state index is -2.75. The lowest BCUT2D eigenvalue weighted by Gasteiger charge is -2.50. The summed E-state index contributed by atoms with van der Waals surface area (Å²) in [6, 6.07) is 13.0. The first kappa shape index (κ1) is 33.0. The van der Waals surface area contributed by atoms with Crippen molar-refractivity contribution in [1.29, 1.82) is 0 Å². The van der Waals surface area contributed by atoms with Gasteiger partial charge in [-0.2, -0.15) is 0 Å². The third-order valence-corrected chi connectivity index (χ3v) is 11.4. The van der Waals surface area contributed by atoms with Crippen LogP contribution in [-0.2, 0) is 25.8 Å². The molecule has 1 N–H and O–H groups in total. The van der Waals surface area contributed by atoms with Gasteiger partial charge in [0.2, 0.25) is 17.6 Å². The van der Waals surface area contributed by atoms with Gasteiger partial charge in [-0.15, -0.1) is 23.2 Å². The molecule has 3 aromatic rings. The van der Waals surface area contributed by atoms with E-state index in [1.807, 2.05) is 18.2 Å². The van der Waals surface area contributed by atoms with Gasteiger partial charge in [0.15, 0.2) is 33.0 Å². The van der Waals surface area contributed by atoms with Gasteiger partial charge in [0.1, 0.15) is 23.8 Å². The number of phenolic OH excluding ortho intramolecular Hbond substituents is 1. The number of rotatable bonds is 5. The molecule has 4 amide bonds. The summed E-state index contributed by atoms with van der Waals surface area (Å²) in [7, 11) is 1.28. The Hall–Kier alpha value is -4.49. The van der Waals surface area contributed by atoms with E-state index in [0.29, 0.717) is 0 Å². The van der Waals surface area contributed by atoms with Crippen LogP contribution in [0.5, 0.6) is 11.5 Å². The predicted molar refractivity (Wildman–Crippen MR) is 163 cm³/mol. The molecule has 0 radical (unpaired) electrons. The van der Waals surface area contributed by atoms with Crippen LogP contribution >= 0.6 is 23.2 Å². The van der Waals surface area contributed by atoms with Gasteiger partial charge in [-0.05, 0) is 30.4 Å². The molecule has 49 heavy (non-hydrogen) atoms. The number of fused-ring (bicyclic) bond motifs is 4. The van der Waals surface area contributed by atoms with Crippen LogP contribution in [0.2, 0.25) is 0 Å². The second kappa shape index (κ2) is 11.3. The van der Waals surface area contributed by atoms with Gasteiger partial charge in [0.05, 0.1) is 11.8 Å². The van der Waals surface area contributed by atoms with Gasteiger partial charge < -0.3 is 9.84 Å². The van der Waals surface area contributed by atoms with Crippen molar-refractivity contribution in [3.63, 3.8) is 0 Å². The Kier molecular flexibility index (Phi) is 7.60. The number of carbonyl (C=O) groups excluding carboxylic acids is 4. The van der Waals surface area contributed by atoms with E-state index >= 15 is 8.78 Å². The quantitative estimate of drug-likeness (QED) is 0.0885. The second-order valence-corrected chi connectivity index (χ2v) is 13.7. The van der Waals surface area contributed by atoms with Crippen molar-refractivity contribution in [2.75, 3.05) is 11.9 Å². The number of halogens is 7. The number of allylic oxidation sites excluding steroid dienone is 2. The van der Waals surface area contributed by atoms with Gasteiger partial charge in [0.25, 0.3) is 11.8 Å². The van der Waals surface area contributed by atoms with Crippen LogP contribution in [0.25, 0.3) is 0 Å². The van der Waals surface area contributed by atoms with Crippen molar-refractivity contribution in [1.82, 2.24) is 4.90 Å². The molecule has 2 saturated heterocycles. The van der Waals surface area contributed by atoms with E-state index in [0.717, 1.165) is 10.5 Å². The summed E-state index contributed by atoms with van der Waals surface area (Å²) in [5, 5.41) is 11.4. The Morgan fingerprint density at radius 1 is 0.857 bits per heavy atom. The lowest BCUT2D eigenvalue weighted by Crippen LogP contribution is -2.60. The number of alkyl halides is 2. The number of imide groups is 2. The van der Waals surface area contributed by atoms with E-state index < -0.39 is 104 Å². The number of carbonyl (C=O) groups is 4. The number of benzene rings is 3. The van der Waals surface area contributed by atoms with Gasteiger partial charge in [-0.1, -0.05) is 48.0 Å². The van der Waals surface area contributed by atoms with E-state index in [1.165, 1.54) is 25.2 Å². The summed E-state index contributed by atoms with van der Waals surface area (Å²) in [5.41, 5.74) is -0.974. The zero-order valence-corrected chi connectivity index (χ0v) is 26.7. The summed E-state index contributed by atoms with van der Waals surface area (Å²) in [5.74, 6) is -21.7. The zero-order chi connectivity index (χ0) is 35.3. The van der Waals surface area contributed by atoms with E-state index in [9.17, 15) is 37.5 Å². The van der Waals surface area contributed by atoms with E-state index in [-0.39, 0.29) is 34.8 Å². The topological polar surface area (TPSA) is 104 Å². The summed E-state index contributed by atoms with van der Waals surface area (Å²) < 4.78 is 78.8. The summed E-state index contributed by atoms with van der Waals surface area (Å²) in [6.45, 7) is 0.108. The molecule has 2 heterocycles. The van der Waals surface area contributed by atoms with Crippen LogP contribution in [0, 0.1) is 46.8 Å². The average molecular weight is 721 g/mol. The van der Waals surface area contributed by atoms with Gasteiger partial charge in [0, 0.05) is 24.6 Å². The highest BCUT2D eigenvalue weighted by molar-refractivity contribution is 6.58. The highest BCUT2D eigenvalue weighted by atomic mass is 35.5. The lowest BCUT2D eigenvalue weighted by atomic mass is 9.56. The molecule has 7 rings (SSSR count).